The summed E-state index contributed by atoms with van der Waals surface area (Å²) in [6.45, 7) is 1.30. The van der Waals surface area contributed by atoms with Gasteiger partial charge in [0.15, 0.2) is 9.84 Å². The van der Waals surface area contributed by atoms with Gasteiger partial charge in [-0.05, 0) is 6.07 Å². The molecule has 1 aromatic heterocycles. The van der Waals surface area contributed by atoms with E-state index in [-0.39, 0.29) is 22.9 Å². The Hall–Kier alpha value is -1.19. The van der Waals surface area contributed by atoms with E-state index in [2.05, 4.69) is 9.71 Å². The number of H-pyrrole nitrogens is 1. The van der Waals surface area contributed by atoms with Gasteiger partial charge in [0.25, 0.3) is 0 Å². The Morgan fingerprint density at radius 2 is 1.89 bits per heavy atom. The third kappa shape index (κ3) is 4.24. The molecule has 18 heavy (non-hydrogen) atoms. The molecule has 0 aliphatic heterocycles. The van der Waals surface area contributed by atoms with Crippen molar-refractivity contribution in [1.29, 1.82) is 0 Å². The molecule has 0 atom stereocenters. The molecule has 0 bridgehead atoms. The number of aromatic nitrogens is 1. The van der Waals surface area contributed by atoms with Gasteiger partial charge in [-0.2, -0.15) is 0 Å². The second-order valence-electron chi connectivity index (χ2n) is 3.52. The van der Waals surface area contributed by atoms with Crippen LogP contribution in [-0.4, -0.2) is 39.9 Å². The summed E-state index contributed by atoms with van der Waals surface area (Å²) in [5.74, 6) is -0.292. The maximum Gasteiger partial charge on any atom is 0.247 e. The molecule has 1 aromatic rings. The lowest BCUT2D eigenvalue weighted by Crippen LogP contribution is -2.30. The summed E-state index contributed by atoms with van der Waals surface area (Å²) in [6.07, 6.45) is 1.05. The van der Waals surface area contributed by atoms with Crippen LogP contribution < -0.4 is 10.3 Å². The molecule has 0 saturated heterocycles. The highest BCUT2D eigenvalue weighted by atomic mass is 32.2. The van der Waals surface area contributed by atoms with Gasteiger partial charge in [-0.25, -0.2) is 21.6 Å². The maximum atomic E-state index is 11.7. The lowest BCUT2D eigenvalue weighted by molar-refractivity contribution is 0.581. The van der Waals surface area contributed by atoms with Crippen molar-refractivity contribution >= 4 is 19.9 Å². The number of nitrogens with one attached hydrogen (secondary N) is 2. The van der Waals surface area contributed by atoms with Crippen LogP contribution >= 0.6 is 0 Å². The normalized spacial score (nSPS) is 12.5. The largest absolute Gasteiger partial charge is 0.328 e. The van der Waals surface area contributed by atoms with Crippen LogP contribution in [0.3, 0.4) is 0 Å². The molecule has 0 aliphatic rings. The lowest BCUT2D eigenvalue weighted by atomic mass is 10.5. The molecule has 2 N–H and O–H groups in total. The van der Waals surface area contributed by atoms with E-state index in [1.54, 1.807) is 0 Å². The van der Waals surface area contributed by atoms with Crippen LogP contribution in [0.1, 0.15) is 6.92 Å². The van der Waals surface area contributed by atoms with Crippen molar-refractivity contribution in [2.45, 2.75) is 11.8 Å². The molecule has 9 heteroatoms. The molecule has 1 heterocycles. The van der Waals surface area contributed by atoms with Crippen molar-refractivity contribution in [2.75, 3.05) is 18.1 Å². The quantitative estimate of drug-likeness (QED) is 0.705. The fourth-order valence-corrected chi connectivity index (χ4v) is 2.95. The van der Waals surface area contributed by atoms with Crippen LogP contribution in [0.25, 0.3) is 0 Å². The minimum Gasteiger partial charge on any atom is -0.328 e. The van der Waals surface area contributed by atoms with E-state index in [0.717, 1.165) is 18.3 Å². The van der Waals surface area contributed by atoms with Crippen LogP contribution in [0, 0.1) is 0 Å². The van der Waals surface area contributed by atoms with Gasteiger partial charge in [0, 0.05) is 24.6 Å². The fourth-order valence-electron chi connectivity index (χ4n) is 1.12. The first-order valence-corrected chi connectivity index (χ1v) is 8.46. The van der Waals surface area contributed by atoms with E-state index in [1.165, 1.54) is 6.92 Å². The molecule has 1 rings (SSSR count). The fraction of sp³-hybridized carbons (Fsp3) is 0.444. The van der Waals surface area contributed by atoms with E-state index >= 15 is 0 Å². The summed E-state index contributed by atoms with van der Waals surface area (Å²) in [5, 5.41) is 0. The molecular formula is C9H14N2O5S2. The number of hydrogen-bond donors (Lipinski definition) is 2. The lowest BCUT2D eigenvalue weighted by Gasteiger charge is -2.06. The van der Waals surface area contributed by atoms with Crippen LogP contribution in [0.15, 0.2) is 28.0 Å². The Morgan fingerprint density at radius 1 is 1.22 bits per heavy atom. The Bertz CT molecular complexity index is 640. The van der Waals surface area contributed by atoms with Gasteiger partial charge < -0.3 is 4.98 Å². The van der Waals surface area contributed by atoms with E-state index < -0.39 is 25.4 Å². The van der Waals surface area contributed by atoms with Crippen molar-refractivity contribution < 1.29 is 16.8 Å². The van der Waals surface area contributed by atoms with Gasteiger partial charge in [-0.15, -0.1) is 0 Å². The molecule has 0 unspecified atom stereocenters. The molecule has 7 nitrogen and oxygen atoms in total. The Morgan fingerprint density at radius 3 is 2.39 bits per heavy atom. The van der Waals surface area contributed by atoms with Gasteiger partial charge in [-0.3, -0.25) is 4.79 Å². The van der Waals surface area contributed by atoms with Gasteiger partial charge in [-0.1, -0.05) is 6.92 Å². The van der Waals surface area contributed by atoms with Crippen molar-refractivity contribution in [1.82, 2.24) is 9.71 Å². The molecule has 0 saturated carbocycles. The molecule has 0 aliphatic carbocycles. The molecule has 102 valence electrons. The van der Waals surface area contributed by atoms with Crippen molar-refractivity contribution in [2.24, 2.45) is 0 Å². The average molecular weight is 294 g/mol. The molecule has 0 aromatic carbocycles. The zero-order chi connectivity index (χ0) is 13.8. The highest BCUT2D eigenvalue weighted by Gasteiger charge is 2.15. The summed E-state index contributed by atoms with van der Waals surface area (Å²) in [6, 6.07) is 2.23. The monoisotopic (exact) mass is 294 g/mol. The topological polar surface area (TPSA) is 113 Å². The van der Waals surface area contributed by atoms with Gasteiger partial charge in [0.2, 0.25) is 15.6 Å². The smallest absolute Gasteiger partial charge is 0.247 e. The average Bonchev–Trinajstić information content (AvgIpc) is 2.29. The van der Waals surface area contributed by atoms with E-state index in [9.17, 15) is 21.6 Å². The maximum absolute atomic E-state index is 11.7. The summed E-state index contributed by atoms with van der Waals surface area (Å²) in [5.41, 5.74) is -0.414. The predicted octanol–water partition coefficient (Wildman–Crippen LogP) is -0.912. The highest BCUT2D eigenvalue weighted by Crippen LogP contribution is 2.03. The zero-order valence-electron chi connectivity index (χ0n) is 9.71. The molecule has 0 spiro atoms. The van der Waals surface area contributed by atoms with Crippen molar-refractivity contribution in [3.63, 3.8) is 0 Å². The first-order valence-electron chi connectivity index (χ1n) is 5.16. The Labute approximate surface area is 105 Å². The standard InChI is InChI=1S/C9H14N2O5S2/c1-2-17(13,14)6-5-11-18(15,16)8-3-4-9(12)10-7-8/h3-4,7,11H,2,5-6H2,1H3,(H,10,12). The van der Waals surface area contributed by atoms with Crippen LogP contribution in [0.2, 0.25) is 0 Å². The zero-order valence-corrected chi connectivity index (χ0v) is 11.3. The third-order valence-electron chi connectivity index (χ3n) is 2.21. The van der Waals surface area contributed by atoms with Gasteiger partial charge in [0.1, 0.15) is 0 Å². The van der Waals surface area contributed by atoms with Crippen LogP contribution in [0.4, 0.5) is 0 Å². The summed E-state index contributed by atoms with van der Waals surface area (Å²) < 4.78 is 47.9. The predicted molar refractivity (Wildman–Crippen MR) is 66.6 cm³/mol. The number of rotatable bonds is 6. The molecule has 0 amide bonds. The first kappa shape index (κ1) is 14.9. The van der Waals surface area contributed by atoms with Crippen molar-refractivity contribution in [3.05, 3.63) is 28.7 Å². The number of pyridine rings is 1. The second-order valence-corrected chi connectivity index (χ2v) is 7.76. The number of hydrogen-bond acceptors (Lipinski definition) is 5. The second kappa shape index (κ2) is 5.63. The SMILES string of the molecule is CCS(=O)(=O)CCNS(=O)(=O)c1ccc(=O)[nH]c1. The molecular weight excluding hydrogens is 280 g/mol. The van der Waals surface area contributed by atoms with Gasteiger partial charge >= 0.3 is 0 Å². The van der Waals surface area contributed by atoms with Crippen LogP contribution in [-0.2, 0) is 19.9 Å². The Kier molecular flexibility index (Phi) is 4.65. The molecule has 0 fully saturated rings. The summed E-state index contributed by atoms with van der Waals surface area (Å²) in [4.78, 5) is 12.9. The van der Waals surface area contributed by atoms with Crippen molar-refractivity contribution in [3.8, 4) is 0 Å². The third-order valence-corrected chi connectivity index (χ3v) is 5.38. The summed E-state index contributed by atoms with van der Waals surface area (Å²) in [7, 11) is -7.01. The number of sulfone groups is 1. The van der Waals surface area contributed by atoms with Gasteiger partial charge in [0.05, 0.1) is 10.6 Å². The number of aromatic amines is 1. The molecule has 0 radical (unpaired) electrons. The highest BCUT2D eigenvalue weighted by molar-refractivity contribution is 7.91. The van der Waals surface area contributed by atoms with Crippen LogP contribution in [0.5, 0.6) is 0 Å². The number of sulfonamides is 1. The van der Waals surface area contributed by atoms with E-state index in [1.807, 2.05) is 0 Å². The minimum absolute atomic E-state index is 0.0343. The minimum atomic E-state index is -3.79. The summed E-state index contributed by atoms with van der Waals surface area (Å²) >= 11 is 0. The van der Waals surface area contributed by atoms with E-state index in [0.29, 0.717) is 0 Å². The Balaban J connectivity index is 2.72. The van der Waals surface area contributed by atoms with E-state index in [4.69, 9.17) is 0 Å². The first-order chi connectivity index (χ1) is 8.27.